The minimum atomic E-state index is 0.573. The van der Waals surface area contributed by atoms with Gasteiger partial charge in [-0.3, -0.25) is 0 Å². The summed E-state index contributed by atoms with van der Waals surface area (Å²) >= 11 is 1.63. The van der Waals surface area contributed by atoms with Gasteiger partial charge in [0.15, 0.2) is 5.13 Å². The van der Waals surface area contributed by atoms with Crippen LogP contribution in [0.5, 0.6) is 5.75 Å². The van der Waals surface area contributed by atoms with Gasteiger partial charge in [0, 0.05) is 13.7 Å². The molecule has 0 saturated heterocycles. The van der Waals surface area contributed by atoms with E-state index in [1.807, 2.05) is 18.2 Å². The van der Waals surface area contributed by atoms with Crippen LogP contribution in [0.3, 0.4) is 0 Å². The van der Waals surface area contributed by atoms with Crippen molar-refractivity contribution >= 4 is 26.7 Å². The molecule has 120 valence electrons. The average Bonchev–Trinajstić information content (AvgIpc) is 2.96. The average molecular weight is 328 g/mol. The first kappa shape index (κ1) is 15.8. The number of anilines is 1. The smallest absolute Gasteiger partial charge is 0.183 e. The van der Waals surface area contributed by atoms with Gasteiger partial charge in [0.1, 0.15) is 12.4 Å². The third kappa shape index (κ3) is 4.21. The van der Waals surface area contributed by atoms with E-state index in [-0.39, 0.29) is 0 Å². The number of aryl methyl sites for hydroxylation is 1. The topological polar surface area (TPSA) is 43.4 Å². The van der Waals surface area contributed by atoms with Crippen molar-refractivity contribution in [2.24, 2.45) is 0 Å². The number of thiazole rings is 1. The summed E-state index contributed by atoms with van der Waals surface area (Å²) in [5, 5.41) is 4.17. The summed E-state index contributed by atoms with van der Waals surface area (Å²) in [7, 11) is 1.69. The Hall–Kier alpha value is -2.11. The number of aromatic nitrogens is 1. The summed E-state index contributed by atoms with van der Waals surface area (Å²) in [5.74, 6) is 0.866. The summed E-state index contributed by atoms with van der Waals surface area (Å²) in [6.45, 7) is 4.08. The molecular formula is C18H20N2O2S. The summed E-state index contributed by atoms with van der Waals surface area (Å²) in [6.07, 6.45) is 0. The Kier molecular flexibility index (Phi) is 5.10. The largest absolute Gasteiger partial charge is 0.489 e. The van der Waals surface area contributed by atoms with Crippen LogP contribution in [0, 0.1) is 6.92 Å². The molecule has 23 heavy (non-hydrogen) atoms. The minimum absolute atomic E-state index is 0.573. The maximum absolute atomic E-state index is 5.89. The second-order valence-electron chi connectivity index (χ2n) is 5.34. The normalized spacial score (nSPS) is 10.9. The Balaban J connectivity index is 1.65. The molecule has 0 saturated carbocycles. The molecule has 0 aliphatic carbocycles. The van der Waals surface area contributed by atoms with Crippen molar-refractivity contribution in [2.75, 3.05) is 25.6 Å². The third-order valence-electron chi connectivity index (χ3n) is 3.47. The maximum Gasteiger partial charge on any atom is 0.183 e. The van der Waals surface area contributed by atoms with Gasteiger partial charge in [-0.2, -0.15) is 0 Å². The van der Waals surface area contributed by atoms with Crippen LogP contribution >= 0.6 is 11.3 Å². The van der Waals surface area contributed by atoms with Crippen molar-refractivity contribution in [1.29, 1.82) is 0 Å². The molecule has 0 bridgehead atoms. The van der Waals surface area contributed by atoms with E-state index in [0.29, 0.717) is 13.2 Å². The van der Waals surface area contributed by atoms with Crippen molar-refractivity contribution in [2.45, 2.75) is 13.5 Å². The van der Waals surface area contributed by atoms with Crippen molar-refractivity contribution in [3.05, 3.63) is 53.6 Å². The van der Waals surface area contributed by atoms with Gasteiger partial charge in [-0.05, 0) is 30.7 Å². The van der Waals surface area contributed by atoms with Gasteiger partial charge in [0.05, 0.1) is 16.8 Å². The molecule has 0 radical (unpaired) electrons. The highest BCUT2D eigenvalue weighted by Crippen LogP contribution is 2.29. The number of hydrogen-bond donors (Lipinski definition) is 1. The summed E-state index contributed by atoms with van der Waals surface area (Å²) in [4.78, 5) is 4.55. The number of benzene rings is 2. The van der Waals surface area contributed by atoms with Crippen molar-refractivity contribution < 1.29 is 9.47 Å². The van der Waals surface area contributed by atoms with E-state index >= 15 is 0 Å². The van der Waals surface area contributed by atoms with E-state index in [1.54, 1.807) is 18.4 Å². The van der Waals surface area contributed by atoms with Crippen LogP contribution in [0.4, 0.5) is 5.13 Å². The van der Waals surface area contributed by atoms with Crippen LogP contribution in [0.1, 0.15) is 11.1 Å². The zero-order chi connectivity index (χ0) is 16.1. The van der Waals surface area contributed by atoms with Crippen LogP contribution in [0.15, 0.2) is 42.5 Å². The predicted octanol–water partition coefficient (Wildman–Crippen LogP) is 4.24. The number of hydrogen-bond acceptors (Lipinski definition) is 5. The molecule has 4 nitrogen and oxygen atoms in total. The highest BCUT2D eigenvalue weighted by atomic mass is 32.1. The van der Waals surface area contributed by atoms with Gasteiger partial charge in [-0.25, -0.2) is 4.98 Å². The van der Waals surface area contributed by atoms with Gasteiger partial charge in [-0.15, -0.1) is 0 Å². The third-order valence-corrected chi connectivity index (χ3v) is 4.44. The second-order valence-corrected chi connectivity index (χ2v) is 6.37. The summed E-state index contributed by atoms with van der Waals surface area (Å²) in [6, 6.07) is 14.4. The fraction of sp³-hybridized carbons (Fsp3) is 0.278. The van der Waals surface area contributed by atoms with Crippen molar-refractivity contribution in [1.82, 2.24) is 4.98 Å². The molecule has 5 heteroatoms. The highest BCUT2D eigenvalue weighted by molar-refractivity contribution is 7.22. The molecule has 0 amide bonds. The first-order chi connectivity index (χ1) is 11.2. The molecule has 0 aliphatic rings. The molecule has 0 unspecified atom stereocenters. The SMILES string of the molecule is COCCNc1nc2ccc(OCc3ccc(C)cc3)cc2s1. The number of nitrogens with one attached hydrogen (secondary N) is 1. The van der Waals surface area contributed by atoms with Gasteiger partial charge >= 0.3 is 0 Å². The first-order valence-electron chi connectivity index (χ1n) is 7.56. The molecule has 1 N–H and O–H groups in total. The fourth-order valence-electron chi connectivity index (χ4n) is 2.18. The monoisotopic (exact) mass is 328 g/mol. The minimum Gasteiger partial charge on any atom is -0.489 e. The van der Waals surface area contributed by atoms with Crippen LogP contribution in [0.2, 0.25) is 0 Å². The molecular weight excluding hydrogens is 308 g/mol. The van der Waals surface area contributed by atoms with E-state index in [1.165, 1.54) is 11.1 Å². The molecule has 0 spiro atoms. The molecule has 1 heterocycles. The molecule has 0 aliphatic heterocycles. The van der Waals surface area contributed by atoms with Gasteiger partial charge in [0.2, 0.25) is 0 Å². The number of methoxy groups -OCH3 is 1. The Bertz CT molecular complexity index is 768. The quantitative estimate of drug-likeness (QED) is 0.659. The van der Waals surface area contributed by atoms with E-state index in [9.17, 15) is 0 Å². The summed E-state index contributed by atoms with van der Waals surface area (Å²) < 4.78 is 12.0. The maximum atomic E-state index is 5.89. The van der Waals surface area contributed by atoms with Crippen LogP contribution in [-0.2, 0) is 11.3 Å². The highest BCUT2D eigenvalue weighted by Gasteiger charge is 2.05. The first-order valence-corrected chi connectivity index (χ1v) is 8.38. The number of ether oxygens (including phenoxy) is 2. The summed E-state index contributed by atoms with van der Waals surface area (Å²) in [5.41, 5.74) is 3.41. The lowest BCUT2D eigenvalue weighted by molar-refractivity contribution is 0.211. The number of rotatable bonds is 7. The lowest BCUT2D eigenvalue weighted by Crippen LogP contribution is -2.06. The molecule has 0 atom stereocenters. The Morgan fingerprint density at radius 1 is 1.13 bits per heavy atom. The van der Waals surface area contributed by atoms with Gasteiger partial charge in [-0.1, -0.05) is 41.2 Å². The molecule has 0 fully saturated rings. The number of fused-ring (bicyclic) bond motifs is 1. The number of nitrogens with zero attached hydrogens (tertiary/aromatic N) is 1. The van der Waals surface area contributed by atoms with Crippen LogP contribution in [-0.4, -0.2) is 25.2 Å². The Morgan fingerprint density at radius 3 is 2.74 bits per heavy atom. The zero-order valence-electron chi connectivity index (χ0n) is 13.3. The Morgan fingerprint density at radius 2 is 1.96 bits per heavy atom. The standard InChI is InChI=1S/C18H20N2O2S/c1-13-3-5-14(6-4-13)12-22-15-7-8-16-17(11-15)23-18(20-16)19-9-10-21-2/h3-8,11H,9-10,12H2,1-2H3,(H,19,20). The Labute approximate surface area is 140 Å². The van der Waals surface area contributed by atoms with Gasteiger partial charge < -0.3 is 14.8 Å². The lowest BCUT2D eigenvalue weighted by Gasteiger charge is -2.06. The van der Waals surface area contributed by atoms with Crippen LogP contribution in [0.25, 0.3) is 10.2 Å². The molecule has 3 rings (SSSR count). The van der Waals surface area contributed by atoms with E-state index in [2.05, 4.69) is 41.5 Å². The molecule has 2 aromatic carbocycles. The zero-order valence-corrected chi connectivity index (χ0v) is 14.2. The molecule has 1 aromatic heterocycles. The molecule has 3 aromatic rings. The lowest BCUT2D eigenvalue weighted by atomic mass is 10.2. The predicted molar refractivity (Wildman–Crippen MR) is 95.5 cm³/mol. The van der Waals surface area contributed by atoms with Crippen molar-refractivity contribution in [3.63, 3.8) is 0 Å². The second kappa shape index (κ2) is 7.44. The van der Waals surface area contributed by atoms with E-state index in [0.717, 1.165) is 27.6 Å². The van der Waals surface area contributed by atoms with Crippen LogP contribution < -0.4 is 10.1 Å². The van der Waals surface area contributed by atoms with Gasteiger partial charge in [0.25, 0.3) is 0 Å². The van der Waals surface area contributed by atoms with E-state index in [4.69, 9.17) is 9.47 Å². The van der Waals surface area contributed by atoms with E-state index < -0.39 is 0 Å². The van der Waals surface area contributed by atoms with Crippen molar-refractivity contribution in [3.8, 4) is 5.75 Å². The fourth-order valence-corrected chi connectivity index (χ4v) is 3.10.